The van der Waals surface area contributed by atoms with E-state index in [2.05, 4.69) is 12.2 Å². The minimum Gasteiger partial charge on any atom is -0.372 e. The predicted octanol–water partition coefficient (Wildman–Crippen LogP) is 2.58. The summed E-state index contributed by atoms with van der Waals surface area (Å²) in [6.07, 6.45) is 9.95. The van der Waals surface area contributed by atoms with Crippen LogP contribution in [0.4, 0.5) is 0 Å². The molecule has 0 amide bonds. The van der Waals surface area contributed by atoms with Crippen LogP contribution in [0.1, 0.15) is 45.4 Å². The average molecular weight is 235 g/mol. The number of nitrogens with one attached hydrogen (secondary N) is 1. The summed E-state index contributed by atoms with van der Waals surface area (Å²) < 4.78 is 6.31. The van der Waals surface area contributed by atoms with Crippen molar-refractivity contribution < 1.29 is 4.74 Å². The zero-order chi connectivity index (χ0) is 11.5. The van der Waals surface area contributed by atoms with Gasteiger partial charge >= 0.3 is 0 Å². The summed E-state index contributed by atoms with van der Waals surface area (Å²) in [7, 11) is 0. The molecular formula is C15H25NO. The van der Waals surface area contributed by atoms with Gasteiger partial charge in [0.15, 0.2) is 0 Å². The summed E-state index contributed by atoms with van der Waals surface area (Å²) >= 11 is 0. The van der Waals surface area contributed by atoms with Gasteiger partial charge in [0, 0.05) is 13.1 Å². The summed E-state index contributed by atoms with van der Waals surface area (Å²) in [4.78, 5) is 0. The van der Waals surface area contributed by atoms with Gasteiger partial charge < -0.3 is 10.1 Å². The lowest BCUT2D eigenvalue weighted by atomic mass is 9.48. The maximum absolute atomic E-state index is 6.31. The molecule has 1 N–H and O–H groups in total. The predicted molar refractivity (Wildman–Crippen MR) is 67.8 cm³/mol. The van der Waals surface area contributed by atoms with Crippen LogP contribution in [0.5, 0.6) is 0 Å². The van der Waals surface area contributed by atoms with Crippen LogP contribution in [0.2, 0.25) is 0 Å². The summed E-state index contributed by atoms with van der Waals surface area (Å²) in [5, 5.41) is 3.58. The van der Waals surface area contributed by atoms with Gasteiger partial charge in [-0.25, -0.2) is 0 Å². The Hall–Kier alpha value is -0.0800. The molecule has 4 aliphatic carbocycles. The molecular weight excluding hydrogens is 210 g/mol. The Morgan fingerprint density at radius 1 is 0.941 bits per heavy atom. The average Bonchev–Trinajstić information content (AvgIpc) is 2.27. The Balaban J connectivity index is 1.59. The quantitative estimate of drug-likeness (QED) is 0.754. The molecule has 0 aromatic carbocycles. The third kappa shape index (κ3) is 1.67. The van der Waals surface area contributed by atoms with Crippen LogP contribution < -0.4 is 5.32 Å². The molecule has 0 radical (unpaired) electrons. The summed E-state index contributed by atoms with van der Waals surface area (Å²) in [5.41, 5.74) is 0.566. The molecule has 2 atom stereocenters. The van der Waals surface area contributed by atoms with Gasteiger partial charge in [0.05, 0.1) is 12.2 Å². The second-order valence-electron chi connectivity index (χ2n) is 7.37. The molecule has 0 aromatic rings. The number of hydrogen-bond acceptors (Lipinski definition) is 2. The minimum absolute atomic E-state index is 0.418. The van der Waals surface area contributed by atoms with Crippen LogP contribution in [0, 0.1) is 23.2 Å². The zero-order valence-corrected chi connectivity index (χ0v) is 11.0. The second kappa shape index (κ2) is 3.71. The topological polar surface area (TPSA) is 21.3 Å². The molecule has 4 bridgehead atoms. The molecule has 2 heteroatoms. The van der Waals surface area contributed by atoms with Gasteiger partial charge in [-0.05, 0) is 68.6 Å². The lowest BCUT2D eigenvalue weighted by molar-refractivity contribution is -0.166. The fraction of sp³-hybridized carbons (Fsp3) is 1.00. The highest BCUT2D eigenvalue weighted by Gasteiger charge is 2.55. The molecule has 5 fully saturated rings. The Bertz CT molecular complexity index is 279. The van der Waals surface area contributed by atoms with E-state index in [9.17, 15) is 0 Å². The van der Waals surface area contributed by atoms with Crippen molar-refractivity contribution in [2.24, 2.45) is 23.2 Å². The van der Waals surface area contributed by atoms with Crippen LogP contribution in [-0.2, 0) is 4.74 Å². The SMILES string of the molecule is CC1CNCC(C23CC4CC(CC(C4)C2)C3)O1. The Labute approximate surface area is 104 Å². The van der Waals surface area contributed by atoms with Gasteiger partial charge in [-0.15, -0.1) is 0 Å². The number of ether oxygens (including phenoxy) is 1. The van der Waals surface area contributed by atoms with Crippen molar-refractivity contribution in [2.45, 2.75) is 57.7 Å². The fourth-order valence-electron chi connectivity index (χ4n) is 5.73. The van der Waals surface area contributed by atoms with E-state index in [1.807, 2.05) is 0 Å². The van der Waals surface area contributed by atoms with Gasteiger partial charge in [-0.2, -0.15) is 0 Å². The molecule has 5 aliphatic rings. The molecule has 2 nitrogen and oxygen atoms in total. The second-order valence-corrected chi connectivity index (χ2v) is 7.37. The monoisotopic (exact) mass is 235 g/mol. The summed E-state index contributed by atoms with van der Waals surface area (Å²) in [6, 6.07) is 0. The molecule has 1 heterocycles. The molecule has 1 saturated heterocycles. The smallest absolute Gasteiger partial charge is 0.0760 e. The van der Waals surface area contributed by atoms with Gasteiger partial charge in [0.25, 0.3) is 0 Å². The fourth-order valence-corrected chi connectivity index (χ4v) is 5.73. The van der Waals surface area contributed by atoms with Crippen molar-refractivity contribution in [1.29, 1.82) is 0 Å². The van der Waals surface area contributed by atoms with E-state index in [0.717, 1.165) is 30.8 Å². The van der Waals surface area contributed by atoms with Crippen LogP contribution in [-0.4, -0.2) is 25.3 Å². The van der Waals surface area contributed by atoms with E-state index >= 15 is 0 Å². The van der Waals surface area contributed by atoms with Crippen molar-refractivity contribution in [1.82, 2.24) is 5.32 Å². The highest BCUT2D eigenvalue weighted by molar-refractivity contribution is 5.05. The van der Waals surface area contributed by atoms with E-state index in [1.54, 1.807) is 0 Å². The van der Waals surface area contributed by atoms with Gasteiger partial charge in [-0.3, -0.25) is 0 Å². The normalized spacial score (nSPS) is 57.4. The van der Waals surface area contributed by atoms with Gasteiger partial charge in [0.1, 0.15) is 0 Å². The molecule has 2 unspecified atom stereocenters. The van der Waals surface area contributed by atoms with E-state index in [0.29, 0.717) is 17.6 Å². The maximum atomic E-state index is 6.31. The summed E-state index contributed by atoms with van der Waals surface area (Å²) in [6.45, 7) is 4.37. The van der Waals surface area contributed by atoms with E-state index in [-0.39, 0.29) is 0 Å². The number of rotatable bonds is 1. The standard InChI is InChI=1S/C15H25NO/c1-10-8-16-9-14(17-10)15-5-11-2-12(6-15)4-13(3-11)7-15/h10-14,16H,2-9H2,1H3. The number of morpholine rings is 1. The first-order valence-corrected chi connectivity index (χ1v) is 7.60. The van der Waals surface area contributed by atoms with Gasteiger partial charge in [-0.1, -0.05) is 0 Å². The first-order valence-electron chi connectivity index (χ1n) is 7.60. The third-order valence-corrected chi connectivity index (χ3v) is 5.93. The Morgan fingerprint density at radius 3 is 2.06 bits per heavy atom. The first kappa shape index (κ1) is 10.8. The van der Waals surface area contributed by atoms with Crippen molar-refractivity contribution in [3.8, 4) is 0 Å². The van der Waals surface area contributed by atoms with E-state index < -0.39 is 0 Å². The van der Waals surface area contributed by atoms with Crippen molar-refractivity contribution in [3.05, 3.63) is 0 Å². The summed E-state index contributed by atoms with van der Waals surface area (Å²) in [5.74, 6) is 3.13. The highest BCUT2D eigenvalue weighted by atomic mass is 16.5. The highest BCUT2D eigenvalue weighted by Crippen LogP contribution is 2.61. The van der Waals surface area contributed by atoms with Crippen LogP contribution in [0.25, 0.3) is 0 Å². The largest absolute Gasteiger partial charge is 0.372 e. The molecule has 0 spiro atoms. The molecule has 4 saturated carbocycles. The Kier molecular flexibility index (Phi) is 2.36. The lowest BCUT2D eigenvalue weighted by Gasteiger charge is -2.60. The molecule has 1 aliphatic heterocycles. The molecule has 17 heavy (non-hydrogen) atoms. The van der Waals surface area contributed by atoms with Crippen molar-refractivity contribution in [2.75, 3.05) is 13.1 Å². The first-order chi connectivity index (χ1) is 8.23. The van der Waals surface area contributed by atoms with Crippen molar-refractivity contribution in [3.63, 3.8) is 0 Å². The molecule has 5 rings (SSSR count). The van der Waals surface area contributed by atoms with E-state index in [1.165, 1.54) is 38.5 Å². The maximum Gasteiger partial charge on any atom is 0.0760 e. The third-order valence-electron chi connectivity index (χ3n) is 5.93. The molecule has 96 valence electrons. The minimum atomic E-state index is 0.418. The van der Waals surface area contributed by atoms with Crippen LogP contribution >= 0.6 is 0 Å². The van der Waals surface area contributed by atoms with Crippen LogP contribution in [0.15, 0.2) is 0 Å². The Morgan fingerprint density at radius 2 is 1.53 bits per heavy atom. The lowest BCUT2D eigenvalue weighted by Crippen LogP contribution is -2.58. The van der Waals surface area contributed by atoms with E-state index in [4.69, 9.17) is 4.74 Å². The van der Waals surface area contributed by atoms with Gasteiger partial charge in [0.2, 0.25) is 0 Å². The number of hydrogen-bond donors (Lipinski definition) is 1. The molecule has 0 aromatic heterocycles. The van der Waals surface area contributed by atoms with Crippen molar-refractivity contribution >= 4 is 0 Å². The zero-order valence-electron chi connectivity index (χ0n) is 11.0. The van der Waals surface area contributed by atoms with Crippen LogP contribution in [0.3, 0.4) is 0 Å².